The van der Waals surface area contributed by atoms with Crippen molar-refractivity contribution in [2.75, 3.05) is 13.1 Å². The number of aryl methyl sites for hydroxylation is 1. The molecular formula is C30H34N4O2. The molecule has 0 spiro atoms. The minimum absolute atomic E-state index is 0.0183. The standard InChI is InChI=1S/C30H34N4O2/c1-21(2)28(34(19-9-17-31)29(35)24-15-13-22(3)14-16-24)27-25(20-23-10-5-4-6-11-23)30(36)33-18-8-7-12-26(33)32-27/h4-8,10-16,18,21,28H,9,17,19-20,31H2,1-3H3. The number of rotatable bonds is 9. The van der Waals surface area contributed by atoms with Crippen LogP contribution in [-0.4, -0.2) is 33.3 Å². The van der Waals surface area contributed by atoms with Crippen LogP contribution >= 0.6 is 0 Å². The van der Waals surface area contributed by atoms with E-state index in [0.29, 0.717) is 48.4 Å². The summed E-state index contributed by atoms with van der Waals surface area (Å²) in [5.74, 6) is -0.0624. The Morgan fingerprint density at radius 3 is 2.36 bits per heavy atom. The summed E-state index contributed by atoms with van der Waals surface area (Å²) in [4.78, 5) is 34.5. The Bertz CT molecular complexity index is 1380. The largest absolute Gasteiger partial charge is 0.330 e. The monoisotopic (exact) mass is 482 g/mol. The van der Waals surface area contributed by atoms with Gasteiger partial charge in [0.2, 0.25) is 0 Å². The average Bonchev–Trinajstić information content (AvgIpc) is 2.89. The highest BCUT2D eigenvalue weighted by molar-refractivity contribution is 5.94. The van der Waals surface area contributed by atoms with Gasteiger partial charge < -0.3 is 10.6 Å². The van der Waals surface area contributed by atoms with Crippen molar-refractivity contribution in [1.29, 1.82) is 0 Å². The van der Waals surface area contributed by atoms with Crippen LogP contribution in [-0.2, 0) is 6.42 Å². The van der Waals surface area contributed by atoms with E-state index < -0.39 is 0 Å². The molecule has 0 aliphatic rings. The molecule has 0 aliphatic carbocycles. The maximum Gasteiger partial charge on any atom is 0.261 e. The lowest BCUT2D eigenvalue weighted by Gasteiger charge is -2.35. The predicted octanol–water partition coefficient (Wildman–Crippen LogP) is 4.78. The Hall–Kier alpha value is -3.77. The summed E-state index contributed by atoms with van der Waals surface area (Å²) in [5.41, 5.74) is 10.3. The maximum atomic E-state index is 13.9. The number of benzene rings is 2. The molecule has 1 amide bonds. The van der Waals surface area contributed by atoms with E-state index in [-0.39, 0.29) is 23.4 Å². The molecule has 0 saturated heterocycles. The van der Waals surface area contributed by atoms with Crippen LogP contribution < -0.4 is 11.3 Å². The van der Waals surface area contributed by atoms with Crippen LogP contribution in [0.1, 0.15) is 59.1 Å². The second-order valence-electron chi connectivity index (χ2n) is 9.57. The summed E-state index contributed by atoms with van der Waals surface area (Å²) in [5, 5.41) is 0. The summed E-state index contributed by atoms with van der Waals surface area (Å²) >= 11 is 0. The number of nitrogens with two attached hydrogens (primary N) is 1. The fourth-order valence-electron chi connectivity index (χ4n) is 4.67. The SMILES string of the molecule is Cc1ccc(C(=O)N(CCCN)C(c2nc3ccccn3c(=O)c2Cc2ccccc2)C(C)C)cc1. The molecule has 0 radical (unpaired) electrons. The van der Waals surface area contributed by atoms with Gasteiger partial charge in [-0.1, -0.05) is 67.9 Å². The number of carbonyl (C=O) groups excluding carboxylic acids is 1. The Morgan fingerprint density at radius 2 is 1.69 bits per heavy atom. The van der Waals surface area contributed by atoms with Crippen molar-refractivity contribution in [1.82, 2.24) is 14.3 Å². The van der Waals surface area contributed by atoms with Crippen molar-refractivity contribution in [2.24, 2.45) is 11.7 Å². The number of pyridine rings is 1. The van der Waals surface area contributed by atoms with Gasteiger partial charge in [0.15, 0.2) is 0 Å². The molecule has 0 aliphatic heterocycles. The third-order valence-corrected chi connectivity index (χ3v) is 6.49. The number of carbonyl (C=O) groups is 1. The Kier molecular flexibility index (Phi) is 7.96. The second-order valence-corrected chi connectivity index (χ2v) is 9.57. The van der Waals surface area contributed by atoms with E-state index in [1.807, 2.05) is 84.6 Å². The maximum absolute atomic E-state index is 13.9. The first-order valence-corrected chi connectivity index (χ1v) is 12.5. The van der Waals surface area contributed by atoms with Crippen LogP contribution in [0.25, 0.3) is 5.65 Å². The van der Waals surface area contributed by atoms with Gasteiger partial charge in [-0.05, 0) is 55.6 Å². The van der Waals surface area contributed by atoms with Gasteiger partial charge in [0.1, 0.15) is 5.65 Å². The molecule has 0 saturated carbocycles. The molecule has 2 aromatic heterocycles. The zero-order chi connectivity index (χ0) is 25.7. The molecule has 6 nitrogen and oxygen atoms in total. The smallest absolute Gasteiger partial charge is 0.261 e. The van der Waals surface area contributed by atoms with Crippen molar-refractivity contribution < 1.29 is 4.79 Å². The molecule has 4 aromatic rings. The molecule has 186 valence electrons. The molecule has 36 heavy (non-hydrogen) atoms. The lowest BCUT2D eigenvalue weighted by molar-refractivity contribution is 0.0614. The van der Waals surface area contributed by atoms with Crippen LogP contribution in [0.3, 0.4) is 0 Å². The Balaban J connectivity index is 1.91. The van der Waals surface area contributed by atoms with Gasteiger partial charge in [0.05, 0.1) is 11.7 Å². The van der Waals surface area contributed by atoms with Crippen LogP contribution in [0.15, 0.2) is 83.8 Å². The van der Waals surface area contributed by atoms with E-state index in [9.17, 15) is 9.59 Å². The fraction of sp³-hybridized carbons (Fsp3) is 0.300. The summed E-state index contributed by atoms with van der Waals surface area (Å²) < 4.78 is 1.59. The summed E-state index contributed by atoms with van der Waals surface area (Å²) in [6.45, 7) is 7.09. The molecule has 4 rings (SSSR count). The Morgan fingerprint density at radius 1 is 1.00 bits per heavy atom. The van der Waals surface area contributed by atoms with Gasteiger partial charge in [-0.25, -0.2) is 4.98 Å². The van der Waals surface area contributed by atoms with Crippen molar-refractivity contribution in [3.63, 3.8) is 0 Å². The van der Waals surface area contributed by atoms with E-state index >= 15 is 0 Å². The number of nitrogens with zero attached hydrogens (tertiary/aromatic N) is 3. The summed E-state index contributed by atoms with van der Waals surface area (Å²) in [7, 11) is 0. The van der Waals surface area contributed by atoms with E-state index in [0.717, 1.165) is 11.1 Å². The Labute approximate surface area is 212 Å². The lowest BCUT2D eigenvalue weighted by atomic mass is 9.92. The first kappa shape index (κ1) is 25.3. The van der Waals surface area contributed by atoms with Gasteiger partial charge in [-0.3, -0.25) is 14.0 Å². The highest BCUT2D eigenvalue weighted by Gasteiger charge is 2.32. The van der Waals surface area contributed by atoms with Crippen LogP contribution in [0, 0.1) is 12.8 Å². The fourth-order valence-corrected chi connectivity index (χ4v) is 4.67. The van der Waals surface area contributed by atoms with Gasteiger partial charge in [0.25, 0.3) is 11.5 Å². The zero-order valence-corrected chi connectivity index (χ0v) is 21.2. The zero-order valence-electron chi connectivity index (χ0n) is 21.2. The molecule has 6 heteroatoms. The van der Waals surface area contributed by atoms with Crippen molar-refractivity contribution >= 4 is 11.6 Å². The molecule has 0 bridgehead atoms. The first-order chi connectivity index (χ1) is 17.4. The minimum atomic E-state index is -0.387. The number of fused-ring (bicyclic) bond motifs is 1. The molecular weight excluding hydrogens is 448 g/mol. The van der Waals surface area contributed by atoms with Crippen LogP contribution in [0.2, 0.25) is 0 Å². The van der Waals surface area contributed by atoms with E-state index in [1.165, 1.54) is 0 Å². The molecule has 2 N–H and O–H groups in total. The van der Waals surface area contributed by atoms with Gasteiger partial charge >= 0.3 is 0 Å². The van der Waals surface area contributed by atoms with Crippen LogP contribution in [0.4, 0.5) is 0 Å². The number of amides is 1. The topological polar surface area (TPSA) is 80.7 Å². The molecule has 2 aromatic carbocycles. The van der Waals surface area contributed by atoms with Gasteiger partial charge in [0, 0.05) is 30.3 Å². The summed E-state index contributed by atoms with van der Waals surface area (Å²) in [6, 6.07) is 22.7. The molecule has 2 heterocycles. The van der Waals surface area contributed by atoms with Crippen LogP contribution in [0.5, 0.6) is 0 Å². The number of hydrogen-bond donors (Lipinski definition) is 1. The number of hydrogen-bond acceptors (Lipinski definition) is 4. The first-order valence-electron chi connectivity index (χ1n) is 12.5. The molecule has 0 fully saturated rings. The van der Waals surface area contributed by atoms with Crippen molar-refractivity contribution in [3.8, 4) is 0 Å². The molecule has 1 unspecified atom stereocenters. The normalized spacial score (nSPS) is 12.1. The van der Waals surface area contributed by atoms with E-state index in [2.05, 4.69) is 13.8 Å². The van der Waals surface area contributed by atoms with Crippen molar-refractivity contribution in [2.45, 2.75) is 39.7 Å². The highest BCUT2D eigenvalue weighted by Crippen LogP contribution is 2.32. The third-order valence-electron chi connectivity index (χ3n) is 6.49. The van der Waals surface area contributed by atoms with Crippen molar-refractivity contribution in [3.05, 3.63) is 117 Å². The predicted molar refractivity (Wildman–Crippen MR) is 144 cm³/mol. The van der Waals surface area contributed by atoms with E-state index in [4.69, 9.17) is 10.7 Å². The number of aromatic nitrogens is 2. The summed E-state index contributed by atoms with van der Waals surface area (Å²) in [6.07, 6.45) is 2.84. The minimum Gasteiger partial charge on any atom is -0.330 e. The van der Waals surface area contributed by atoms with Gasteiger partial charge in [-0.2, -0.15) is 0 Å². The average molecular weight is 483 g/mol. The highest BCUT2D eigenvalue weighted by atomic mass is 16.2. The molecule has 1 atom stereocenters. The van der Waals surface area contributed by atoms with E-state index in [1.54, 1.807) is 10.6 Å². The quantitative estimate of drug-likeness (QED) is 0.372. The second kappa shape index (κ2) is 11.3. The van der Waals surface area contributed by atoms with Gasteiger partial charge in [-0.15, -0.1) is 0 Å². The lowest BCUT2D eigenvalue weighted by Crippen LogP contribution is -2.41. The third kappa shape index (κ3) is 5.39.